The molecule has 5 heteroatoms. The number of nitriles is 1. The van der Waals surface area contributed by atoms with E-state index in [1.165, 1.54) is 0 Å². The van der Waals surface area contributed by atoms with Crippen LogP contribution in [0.25, 0.3) is 0 Å². The first kappa shape index (κ1) is 11.9. The number of carbonyl (C=O) groups is 1. The van der Waals surface area contributed by atoms with Crippen LogP contribution in [-0.2, 0) is 18.3 Å². The van der Waals surface area contributed by atoms with Gasteiger partial charge in [0.25, 0.3) is 0 Å². The maximum atomic E-state index is 11.8. The third-order valence-corrected chi connectivity index (χ3v) is 2.54. The number of hydrogen-bond donors (Lipinski definition) is 1. The van der Waals surface area contributed by atoms with Crippen molar-refractivity contribution in [1.82, 2.24) is 9.78 Å². The highest BCUT2D eigenvalue weighted by atomic mass is 16.1. The molecule has 1 N–H and O–H groups in total. The number of hydrogen-bond acceptors (Lipinski definition) is 3. The Kier molecular flexibility index (Phi) is 3.39. The van der Waals surface area contributed by atoms with Crippen molar-refractivity contribution in [3.8, 4) is 6.07 Å². The van der Waals surface area contributed by atoms with Gasteiger partial charge < -0.3 is 5.32 Å². The fourth-order valence-corrected chi connectivity index (χ4v) is 1.57. The van der Waals surface area contributed by atoms with Crippen LogP contribution in [0.15, 0.2) is 36.5 Å². The van der Waals surface area contributed by atoms with E-state index in [4.69, 9.17) is 5.26 Å². The first-order chi connectivity index (χ1) is 8.69. The summed E-state index contributed by atoms with van der Waals surface area (Å²) in [6.07, 6.45) is 1.90. The molecule has 0 spiro atoms. The van der Waals surface area contributed by atoms with Crippen LogP contribution in [0.3, 0.4) is 0 Å². The van der Waals surface area contributed by atoms with Gasteiger partial charge in [0.1, 0.15) is 5.82 Å². The number of nitrogens with one attached hydrogen (secondary N) is 1. The van der Waals surface area contributed by atoms with Gasteiger partial charge in [-0.05, 0) is 17.7 Å². The summed E-state index contributed by atoms with van der Waals surface area (Å²) in [5.74, 6) is 0.553. The predicted molar refractivity (Wildman–Crippen MR) is 66.7 cm³/mol. The summed E-state index contributed by atoms with van der Waals surface area (Å²) in [5.41, 5.74) is 1.46. The molecule has 0 aliphatic rings. The second kappa shape index (κ2) is 5.15. The standard InChI is InChI=1S/C13H12N4O/c1-17-12(6-7-15-17)16-13(18)8-10-2-4-11(9-14)5-3-10/h2-7H,8H2,1H3,(H,16,18). The van der Waals surface area contributed by atoms with E-state index in [0.717, 1.165) is 5.56 Å². The number of aromatic nitrogens is 2. The molecule has 1 amide bonds. The van der Waals surface area contributed by atoms with Gasteiger partial charge in [0.05, 0.1) is 24.3 Å². The zero-order valence-corrected chi connectivity index (χ0v) is 9.92. The van der Waals surface area contributed by atoms with E-state index in [-0.39, 0.29) is 12.3 Å². The van der Waals surface area contributed by atoms with Crippen LogP contribution in [-0.4, -0.2) is 15.7 Å². The molecule has 0 fully saturated rings. The Labute approximate surface area is 105 Å². The van der Waals surface area contributed by atoms with Crippen molar-refractivity contribution in [3.63, 3.8) is 0 Å². The van der Waals surface area contributed by atoms with E-state index >= 15 is 0 Å². The van der Waals surface area contributed by atoms with Crippen LogP contribution < -0.4 is 5.32 Å². The van der Waals surface area contributed by atoms with Crippen LogP contribution in [0, 0.1) is 11.3 Å². The number of amides is 1. The molecule has 0 atom stereocenters. The molecule has 0 aliphatic carbocycles. The number of rotatable bonds is 3. The van der Waals surface area contributed by atoms with E-state index < -0.39 is 0 Å². The molecule has 5 nitrogen and oxygen atoms in total. The Morgan fingerprint density at radius 2 is 2.11 bits per heavy atom. The van der Waals surface area contributed by atoms with Gasteiger partial charge in [-0.25, -0.2) is 0 Å². The third-order valence-electron chi connectivity index (χ3n) is 2.54. The average Bonchev–Trinajstić information content (AvgIpc) is 2.76. The molecular formula is C13H12N4O. The maximum absolute atomic E-state index is 11.8. The number of carbonyl (C=O) groups excluding carboxylic acids is 1. The molecule has 18 heavy (non-hydrogen) atoms. The molecule has 2 aromatic rings. The van der Waals surface area contributed by atoms with Crippen molar-refractivity contribution in [2.75, 3.05) is 5.32 Å². The molecule has 90 valence electrons. The minimum atomic E-state index is -0.108. The molecule has 0 radical (unpaired) electrons. The highest BCUT2D eigenvalue weighted by Crippen LogP contribution is 2.07. The van der Waals surface area contributed by atoms with Crippen molar-refractivity contribution >= 4 is 11.7 Å². The molecule has 0 saturated heterocycles. The lowest BCUT2D eigenvalue weighted by atomic mass is 10.1. The van der Waals surface area contributed by atoms with Gasteiger partial charge in [-0.15, -0.1) is 0 Å². The molecule has 1 heterocycles. The molecular weight excluding hydrogens is 228 g/mol. The van der Waals surface area contributed by atoms with Crippen molar-refractivity contribution < 1.29 is 4.79 Å². The number of benzene rings is 1. The van der Waals surface area contributed by atoms with E-state index in [9.17, 15) is 4.79 Å². The summed E-state index contributed by atoms with van der Waals surface area (Å²) in [4.78, 5) is 11.8. The van der Waals surface area contributed by atoms with Crippen molar-refractivity contribution in [1.29, 1.82) is 5.26 Å². The van der Waals surface area contributed by atoms with Gasteiger partial charge in [0.15, 0.2) is 0 Å². The van der Waals surface area contributed by atoms with Gasteiger partial charge in [0, 0.05) is 13.1 Å². The van der Waals surface area contributed by atoms with Crippen molar-refractivity contribution in [2.45, 2.75) is 6.42 Å². The SMILES string of the molecule is Cn1nccc1NC(=O)Cc1ccc(C#N)cc1. The molecule has 0 bridgehead atoms. The fraction of sp³-hybridized carbons (Fsp3) is 0.154. The monoisotopic (exact) mass is 240 g/mol. The average molecular weight is 240 g/mol. The normalized spacial score (nSPS) is 9.78. The lowest BCUT2D eigenvalue weighted by Crippen LogP contribution is -2.16. The molecule has 0 unspecified atom stereocenters. The van der Waals surface area contributed by atoms with Gasteiger partial charge in [0.2, 0.25) is 5.91 Å². The zero-order chi connectivity index (χ0) is 13.0. The van der Waals surface area contributed by atoms with Crippen LogP contribution in [0.2, 0.25) is 0 Å². The zero-order valence-electron chi connectivity index (χ0n) is 9.92. The molecule has 0 aliphatic heterocycles. The molecule has 1 aromatic heterocycles. The highest BCUT2D eigenvalue weighted by molar-refractivity contribution is 5.91. The van der Waals surface area contributed by atoms with Crippen LogP contribution >= 0.6 is 0 Å². The summed E-state index contributed by atoms with van der Waals surface area (Å²) in [5, 5.41) is 15.4. The van der Waals surface area contributed by atoms with Crippen molar-refractivity contribution in [3.05, 3.63) is 47.7 Å². The predicted octanol–water partition coefficient (Wildman–Crippen LogP) is 1.47. The Morgan fingerprint density at radius 1 is 1.39 bits per heavy atom. The van der Waals surface area contributed by atoms with Crippen LogP contribution in [0.4, 0.5) is 5.82 Å². The summed E-state index contributed by atoms with van der Waals surface area (Å²) in [6.45, 7) is 0. The molecule has 0 saturated carbocycles. The summed E-state index contributed by atoms with van der Waals surface area (Å²) in [6, 6.07) is 10.7. The van der Waals surface area contributed by atoms with E-state index in [1.807, 2.05) is 6.07 Å². The minimum Gasteiger partial charge on any atom is -0.311 e. The summed E-state index contributed by atoms with van der Waals surface area (Å²) in [7, 11) is 1.76. The van der Waals surface area contributed by atoms with Crippen LogP contribution in [0.5, 0.6) is 0 Å². The van der Waals surface area contributed by atoms with Gasteiger partial charge >= 0.3 is 0 Å². The highest BCUT2D eigenvalue weighted by Gasteiger charge is 2.06. The Balaban J connectivity index is 1.99. The first-order valence-corrected chi connectivity index (χ1v) is 5.46. The minimum absolute atomic E-state index is 0.108. The lowest BCUT2D eigenvalue weighted by molar-refractivity contribution is -0.115. The van der Waals surface area contributed by atoms with Crippen molar-refractivity contribution in [2.24, 2.45) is 7.05 Å². The first-order valence-electron chi connectivity index (χ1n) is 5.46. The smallest absolute Gasteiger partial charge is 0.229 e. The topological polar surface area (TPSA) is 70.7 Å². The van der Waals surface area contributed by atoms with E-state index in [0.29, 0.717) is 11.4 Å². The third kappa shape index (κ3) is 2.74. The number of nitrogens with zero attached hydrogens (tertiary/aromatic N) is 3. The van der Waals surface area contributed by atoms with E-state index in [2.05, 4.69) is 10.4 Å². The van der Waals surface area contributed by atoms with Gasteiger partial charge in [-0.3, -0.25) is 9.48 Å². The van der Waals surface area contributed by atoms with Gasteiger partial charge in [-0.1, -0.05) is 12.1 Å². The van der Waals surface area contributed by atoms with E-state index in [1.54, 1.807) is 48.3 Å². The summed E-state index contributed by atoms with van der Waals surface area (Å²) >= 11 is 0. The fourth-order valence-electron chi connectivity index (χ4n) is 1.57. The number of aryl methyl sites for hydroxylation is 1. The maximum Gasteiger partial charge on any atom is 0.229 e. The summed E-state index contributed by atoms with van der Waals surface area (Å²) < 4.78 is 1.59. The second-order valence-corrected chi connectivity index (χ2v) is 3.87. The second-order valence-electron chi connectivity index (χ2n) is 3.87. The molecule has 2 rings (SSSR count). The lowest BCUT2D eigenvalue weighted by Gasteiger charge is -2.05. The Morgan fingerprint density at radius 3 is 2.67 bits per heavy atom. The van der Waals surface area contributed by atoms with Gasteiger partial charge in [-0.2, -0.15) is 10.4 Å². The number of anilines is 1. The van der Waals surface area contributed by atoms with Crippen LogP contribution in [0.1, 0.15) is 11.1 Å². The molecule has 1 aromatic carbocycles. The largest absolute Gasteiger partial charge is 0.311 e. The quantitative estimate of drug-likeness (QED) is 0.883. The Hall–Kier alpha value is -2.61. The Bertz CT molecular complexity index is 592.